The Hall–Kier alpha value is -1.06. The zero-order valence-corrected chi connectivity index (χ0v) is 13.6. The fraction of sp³-hybridized carbons (Fsp3) is 0.611. The normalized spacial score (nSPS) is 35.0. The zero-order valence-electron chi connectivity index (χ0n) is 12.8. The van der Waals surface area contributed by atoms with Crippen molar-refractivity contribution in [2.24, 2.45) is 29.4 Å². The number of hydrogen-bond donors (Lipinski definition) is 2. The highest BCUT2D eigenvalue weighted by Gasteiger charge is 2.48. The van der Waals surface area contributed by atoms with Crippen LogP contribution in [0.5, 0.6) is 0 Å². The first-order valence-electron chi connectivity index (χ1n) is 8.33. The second-order valence-electron chi connectivity index (χ2n) is 7.33. The summed E-state index contributed by atoms with van der Waals surface area (Å²) >= 11 is 0. The lowest BCUT2D eigenvalue weighted by Gasteiger charge is -2.54. The summed E-state index contributed by atoms with van der Waals surface area (Å²) in [6, 6.07) is 8.11. The number of nitrogens with two attached hydrogens (primary N) is 1. The highest BCUT2D eigenvalue weighted by atomic mass is 35.5. The third kappa shape index (κ3) is 2.77. The number of halogens is 1. The van der Waals surface area contributed by atoms with Crippen LogP contribution in [0.2, 0.25) is 0 Å². The zero-order chi connectivity index (χ0) is 14.4. The quantitative estimate of drug-likeness (QED) is 0.899. The fourth-order valence-corrected chi connectivity index (χ4v) is 5.19. The molecule has 4 fully saturated rings. The van der Waals surface area contributed by atoms with Gasteiger partial charge in [-0.05, 0) is 73.5 Å². The second kappa shape index (κ2) is 6.21. The number of hydrogen-bond acceptors (Lipinski definition) is 2. The van der Waals surface area contributed by atoms with Crippen molar-refractivity contribution in [3.8, 4) is 0 Å². The lowest BCUT2D eigenvalue weighted by Crippen LogP contribution is -2.55. The molecule has 5 rings (SSSR count). The summed E-state index contributed by atoms with van der Waals surface area (Å²) in [6.45, 7) is 0.525. The van der Waals surface area contributed by atoms with E-state index in [2.05, 4.69) is 5.32 Å². The lowest BCUT2D eigenvalue weighted by atomic mass is 9.54. The molecule has 0 radical (unpaired) electrons. The van der Waals surface area contributed by atoms with Crippen molar-refractivity contribution in [3.63, 3.8) is 0 Å². The first-order valence-corrected chi connectivity index (χ1v) is 8.33. The smallest absolute Gasteiger partial charge is 0.251 e. The van der Waals surface area contributed by atoms with Crippen LogP contribution in [0, 0.1) is 23.7 Å². The van der Waals surface area contributed by atoms with Gasteiger partial charge < -0.3 is 11.1 Å². The van der Waals surface area contributed by atoms with Gasteiger partial charge in [-0.25, -0.2) is 0 Å². The van der Waals surface area contributed by atoms with E-state index in [0.717, 1.165) is 34.8 Å². The molecule has 4 bridgehead atoms. The summed E-state index contributed by atoms with van der Waals surface area (Å²) in [6.07, 6.45) is 6.80. The van der Waals surface area contributed by atoms with Crippen LogP contribution in [0.25, 0.3) is 0 Å². The molecule has 3 N–H and O–H groups in total. The standard InChI is InChI=1S/C18H24N2O.ClH/c19-10-11-1-3-14(4-2-11)18(21)20-17-15-6-12-5-13(8-15)9-16(17)7-12;/h1-4,12-13,15-17H,5-10,19H2,(H,20,21);1H. The van der Waals surface area contributed by atoms with E-state index in [-0.39, 0.29) is 18.3 Å². The van der Waals surface area contributed by atoms with Gasteiger partial charge in [-0.15, -0.1) is 12.4 Å². The molecular formula is C18H25ClN2O. The van der Waals surface area contributed by atoms with Crippen LogP contribution in [0.3, 0.4) is 0 Å². The van der Waals surface area contributed by atoms with Crippen molar-refractivity contribution in [2.75, 3.05) is 0 Å². The molecular weight excluding hydrogens is 296 g/mol. The van der Waals surface area contributed by atoms with Gasteiger partial charge >= 0.3 is 0 Å². The van der Waals surface area contributed by atoms with Gasteiger partial charge in [-0.3, -0.25) is 4.79 Å². The van der Waals surface area contributed by atoms with Gasteiger partial charge in [0.05, 0.1) is 0 Å². The van der Waals surface area contributed by atoms with Gasteiger partial charge in [0.1, 0.15) is 0 Å². The molecule has 0 aromatic heterocycles. The lowest BCUT2D eigenvalue weighted by molar-refractivity contribution is -0.0119. The molecule has 22 heavy (non-hydrogen) atoms. The summed E-state index contributed by atoms with van der Waals surface area (Å²) < 4.78 is 0. The van der Waals surface area contributed by atoms with E-state index in [9.17, 15) is 4.79 Å². The molecule has 1 aromatic carbocycles. The first kappa shape index (κ1) is 15.8. The Morgan fingerprint density at radius 1 is 1.00 bits per heavy atom. The van der Waals surface area contributed by atoms with Gasteiger partial charge in [0.25, 0.3) is 5.91 Å². The van der Waals surface area contributed by atoms with Crippen molar-refractivity contribution in [1.29, 1.82) is 0 Å². The fourth-order valence-electron chi connectivity index (χ4n) is 5.19. The van der Waals surface area contributed by atoms with Crippen LogP contribution in [0.1, 0.15) is 48.0 Å². The van der Waals surface area contributed by atoms with Crippen molar-refractivity contribution in [2.45, 2.75) is 44.7 Å². The molecule has 0 saturated heterocycles. The highest BCUT2D eigenvalue weighted by molar-refractivity contribution is 5.94. The number of carbonyl (C=O) groups is 1. The van der Waals surface area contributed by atoms with E-state index in [0.29, 0.717) is 12.6 Å². The molecule has 1 aromatic rings. The van der Waals surface area contributed by atoms with E-state index in [1.807, 2.05) is 24.3 Å². The largest absolute Gasteiger partial charge is 0.349 e. The third-order valence-corrected chi connectivity index (χ3v) is 5.98. The van der Waals surface area contributed by atoms with Crippen LogP contribution in [-0.4, -0.2) is 11.9 Å². The predicted octanol–water partition coefficient (Wildman–Crippen LogP) is 3.12. The predicted molar refractivity (Wildman–Crippen MR) is 89.9 cm³/mol. The van der Waals surface area contributed by atoms with Crippen LogP contribution < -0.4 is 11.1 Å². The van der Waals surface area contributed by atoms with Crippen LogP contribution in [-0.2, 0) is 6.54 Å². The molecule has 0 aliphatic heterocycles. The van der Waals surface area contributed by atoms with E-state index in [4.69, 9.17) is 5.73 Å². The minimum atomic E-state index is 0. The molecule has 0 atom stereocenters. The topological polar surface area (TPSA) is 55.1 Å². The minimum Gasteiger partial charge on any atom is -0.349 e. The molecule has 4 heteroatoms. The Balaban J connectivity index is 0.00000144. The highest BCUT2D eigenvalue weighted by Crippen LogP contribution is 2.53. The molecule has 0 unspecified atom stereocenters. The van der Waals surface area contributed by atoms with Crippen LogP contribution in [0.4, 0.5) is 0 Å². The summed E-state index contributed by atoms with van der Waals surface area (Å²) in [7, 11) is 0. The second-order valence-corrected chi connectivity index (χ2v) is 7.33. The third-order valence-electron chi connectivity index (χ3n) is 5.98. The Kier molecular flexibility index (Phi) is 4.47. The maximum atomic E-state index is 12.5. The number of nitrogens with one attached hydrogen (secondary N) is 1. The molecule has 120 valence electrons. The first-order chi connectivity index (χ1) is 10.2. The van der Waals surface area contributed by atoms with Gasteiger partial charge in [0, 0.05) is 18.2 Å². The van der Waals surface area contributed by atoms with Crippen molar-refractivity contribution in [3.05, 3.63) is 35.4 Å². The van der Waals surface area contributed by atoms with Crippen molar-refractivity contribution in [1.82, 2.24) is 5.32 Å². The molecule has 1 amide bonds. The Morgan fingerprint density at radius 3 is 2.05 bits per heavy atom. The Morgan fingerprint density at radius 2 is 1.55 bits per heavy atom. The van der Waals surface area contributed by atoms with Gasteiger partial charge in [-0.1, -0.05) is 12.1 Å². The SMILES string of the molecule is Cl.NCc1ccc(C(=O)NC2C3CC4CC(C3)CC2C4)cc1. The summed E-state index contributed by atoms with van der Waals surface area (Å²) in [4.78, 5) is 12.5. The van der Waals surface area contributed by atoms with E-state index >= 15 is 0 Å². The molecule has 4 aliphatic rings. The number of amides is 1. The number of benzene rings is 1. The summed E-state index contributed by atoms with van der Waals surface area (Å²) in [5.41, 5.74) is 7.44. The van der Waals surface area contributed by atoms with Gasteiger partial charge in [0.2, 0.25) is 0 Å². The van der Waals surface area contributed by atoms with Crippen LogP contribution >= 0.6 is 12.4 Å². The van der Waals surface area contributed by atoms with Crippen molar-refractivity contribution >= 4 is 18.3 Å². The summed E-state index contributed by atoms with van der Waals surface area (Å²) in [5.74, 6) is 3.45. The van der Waals surface area contributed by atoms with Gasteiger partial charge in [0.15, 0.2) is 0 Å². The van der Waals surface area contributed by atoms with E-state index in [1.165, 1.54) is 32.1 Å². The summed E-state index contributed by atoms with van der Waals surface area (Å²) in [5, 5.41) is 3.35. The maximum absolute atomic E-state index is 12.5. The number of carbonyl (C=O) groups excluding carboxylic acids is 1. The number of rotatable bonds is 3. The molecule has 4 aliphatic carbocycles. The molecule has 0 heterocycles. The van der Waals surface area contributed by atoms with Crippen LogP contribution in [0.15, 0.2) is 24.3 Å². The Bertz CT molecular complexity index is 515. The van der Waals surface area contributed by atoms with Crippen molar-refractivity contribution < 1.29 is 4.79 Å². The maximum Gasteiger partial charge on any atom is 0.251 e. The average Bonchev–Trinajstić information content (AvgIpc) is 2.50. The minimum absolute atomic E-state index is 0. The molecule has 4 saturated carbocycles. The van der Waals surface area contributed by atoms with Gasteiger partial charge in [-0.2, -0.15) is 0 Å². The molecule has 3 nitrogen and oxygen atoms in total. The average molecular weight is 321 g/mol. The monoisotopic (exact) mass is 320 g/mol. The molecule has 0 spiro atoms. The Labute approximate surface area is 138 Å². The van der Waals surface area contributed by atoms with E-state index < -0.39 is 0 Å². The van der Waals surface area contributed by atoms with E-state index in [1.54, 1.807) is 0 Å².